The SMILES string of the molecule is COc1cccc(Br)c1NC(=O)C(F)(F)F. The Hall–Kier alpha value is -1.24. The van der Waals surface area contributed by atoms with Crippen LogP contribution < -0.4 is 10.1 Å². The van der Waals surface area contributed by atoms with Crippen molar-refractivity contribution >= 4 is 27.5 Å². The molecule has 1 aromatic carbocycles. The number of amides is 1. The molecule has 3 nitrogen and oxygen atoms in total. The summed E-state index contributed by atoms with van der Waals surface area (Å²) in [5.74, 6) is -1.90. The number of ether oxygens (including phenoxy) is 1. The Morgan fingerprint density at radius 1 is 1.44 bits per heavy atom. The lowest BCUT2D eigenvalue weighted by Crippen LogP contribution is -2.30. The monoisotopic (exact) mass is 297 g/mol. The number of rotatable bonds is 2. The van der Waals surface area contributed by atoms with Crippen molar-refractivity contribution in [3.63, 3.8) is 0 Å². The van der Waals surface area contributed by atoms with Crippen molar-refractivity contribution in [3.8, 4) is 5.75 Å². The number of para-hydroxylation sites is 1. The van der Waals surface area contributed by atoms with Gasteiger partial charge in [0.15, 0.2) is 0 Å². The van der Waals surface area contributed by atoms with E-state index in [2.05, 4.69) is 15.9 Å². The van der Waals surface area contributed by atoms with E-state index in [1.807, 2.05) is 0 Å². The Kier molecular flexibility index (Phi) is 3.79. The Labute approximate surface area is 97.7 Å². The van der Waals surface area contributed by atoms with E-state index in [1.165, 1.54) is 19.2 Å². The summed E-state index contributed by atoms with van der Waals surface area (Å²) in [6, 6.07) is 4.51. The number of alkyl halides is 3. The summed E-state index contributed by atoms with van der Waals surface area (Å²) in [6.07, 6.45) is -4.93. The van der Waals surface area contributed by atoms with E-state index < -0.39 is 12.1 Å². The summed E-state index contributed by atoms with van der Waals surface area (Å²) in [5, 5.41) is 1.73. The molecule has 0 saturated carbocycles. The zero-order valence-electron chi connectivity index (χ0n) is 8.06. The fourth-order valence-corrected chi connectivity index (χ4v) is 1.43. The van der Waals surface area contributed by atoms with E-state index >= 15 is 0 Å². The summed E-state index contributed by atoms with van der Waals surface area (Å²) in [5.41, 5.74) is -0.0488. The van der Waals surface area contributed by atoms with Crippen LogP contribution in [0.3, 0.4) is 0 Å². The maximum atomic E-state index is 12.0. The van der Waals surface area contributed by atoms with Crippen LogP contribution in [0.15, 0.2) is 22.7 Å². The van der Waals surface area contributed by atoms with Crippen molar-refractivity contribution in [3.05, 3.63) is 22.7 Å². The quantitative estimate of drug-likeness (QED) is 0.911. The first-order valence-corrected chi connectivity index (χ1v) is 4.86. The van der Waals surface area contributed by atoms with Crippen molar-refractivity contribution < 1.29 is 22.7 Å². The second-order valence-electron chi connectivity index (χ2n) is 2.77. The topological polar surface area (TPSA) is 38.3 Å². The van der Waals surface area contributed by atoms with Gasteiger partial charge in [0, 0.05) is 4.47 Å². The molecule has 1 amide bonds. The average molecular weight is 298 g/mol. The molecule has 0 saturated heterocycles. The fourth-order valence-electron chi connectivity index (χ4n) is 0.980. The molecule has 0 fully saturated rings. The molecule has 0 bridgehead atoms. The van der Waals surface area contributed by atoms with Gasteiger partial charge >= 0.3 is 12.1 Å². The molecule has 0 aliphatic carbocycles. The number of methoxy groups -OCH3 is 1. The van der Waals surface area contributed by atoms with Crippen LogP contribution in [-0.4, -0.2) is 19.2 Å². The average Bonchev–Trinajstić information content (AvgIpc) is 2.19. The molecule has 0 spiro atoms. The maximum Gasteiger partial charge on any atom is 0.471 e. The van der Waals surface area contributed by atoms with Gasteiger partial charge < -0.3 is 10.1 Å². The summed E-state index contributed by atoms with van der Waals surface area (Å²) in [6.45, 7) is 0. The van der Waals surface area contributed by atoms with Crippen molar-refractivity contribution in [1.82, 2.24) is 0 Å². The number of hydrogen-bond donors (Lipinski definition) is 1. The van der Waals surface area contributed by atoms with Gasteiger partial charge in [0.1, 0.15) is 5.75 Å². The van der Waals surface area contributed by atoms with Gasteiger partial charge in [-0.1, -0.05) is 6.07 Å². The number of halogens is 4. The van der Waals surface area contributed by atoms with E-state index in [0.29, 0.717) is 4.47 Å². The number of carbonyl (C=O) groups is 1. The van der Waals surface area contributed by atoms with Gasteiger partial charge in [0.25, 0.3) is 0 Å². The predicted octanol–water partition coefficient (Wildman–Crippen LogP) is 2.96. The first kappa shape index (κ1) is 12.8. The van der Waals surface area contributed by atoms with Crippen LogP contribution in [0.25, 0.3) is 0 Å². The van der Waals surface area contributed by atoms with Gasteiger partial charge in [0.2, 0.25) is 0 Å². The lowest BCUT2D eigenvalue weighted by atomic mass is 10.3. The number of carbonyl (C=O) groups excluding carboxylic acids is 1. The Morgan fingerprint density at radius 3 is 2.56 bits per heavy atom. The molecule has 0 aromatic heterocycles. The van der Waals surface area contributed by atoms with Crippen LogP contribution in [0, 0.1) is 0 Å². The van der Waals surface area contributed by atoms with Crippen molar-refractivity contribution in [2.45, 2.75) is 6.18 Å². The second-order valence-corrected chi connectivity index (χ2v) is 3.62. The summed E-state index contributed by atoms with van der Waals surface area (Å²) in [7, 11) is 1.30. The molecule has 16 heavy (non-hydrogen) atoms. The minimum Gasteiger partial charge on any atom is -0.495 e. The largest absolute Gasteiger partial charge is 0.495 e. The van der Waals surface area contributed by atoms with E-state index in [1.54, 1.807) is 11.4 Å². The third kappa shape index (κ3) is 2.88. The van der Waals surface area contributed by atoms with Gasteiger partial charge in [-0.05, 0) is 28.1 Å². The Balaban J connectivity index is 3.01. The molecular formula is C9H7BrF3NO2. The van der Waals surface area contributed by atoms with Crippen molar-refractivity contribution in [2.75, 3.05) is 12.4 Å². The van der Waals surface area contributed by atoms with Crippen LogP contribution in [-0.2, 0) is 4.79 Å². The number of benzene rings is 1. The molecule has 0 heterocycles. The van der Waals surface area contributed by atoms with Crippen LogP contribution in [0.1, 0.15) is 0 Å². The van der Waals surface area contributed by atoms with Gasteiger partial charge in [-0.25, -0.2) is 0 Å². The highest BCUT2D eigenvalue weighted by Crippen LogP contribution is 2.33. The zero-order chi connectivity index (χ0) is 12.3. The van der Waals surface area contributed by atoms with Crippen LogP contribution in [0.5, 0.6) is 5.75 Å². The minimum atomic E-state index is -4.93. The smallest absolute Gasteiger partial charge is 0.471 e. The highest BCUT2D eigenvalue weighted by atomic mass is 79.9. The molecule has 1 aromatic rings. The van der Waals surface area contributed by atoms with E-state index in [0.717, 1.165) is 0 Å². The lowest BCUT2D eigenvalue weighted by Gasteiger charge is -2.12. The fraction of sp³-hybridized carbons (Fsp3) is 0.222. The molecule has 0 atom stereocenters. The summed E-state index contributed by atoms with van der Waals surface area (Å²) >= 11 is 3.02. The molecule has 0 unspecified atom stereocenters. The summed E-state index contributed by atoms with van der Waals surface area (Å²) < 4.78 is 41.2. The zero-order valence-corrected chi connectivity index (χ0v) is 9.65. The Morgan fingerprint density at radius 2 is 2.06 bits per heavy atom. The molecule has 88 valence electrons. The highest BCUT2D eigenvalue weighted by Gasteiger charge is 2.39. The summed E-state index contributed by atoms with van der Waals surface area (Å²) in [4.78, 5) is 10.7. The van der Waals surface area contributed by atoms with Crippen LogP contribution >= 0.6 is 15.9 Å². The lowest BCUT2D eigenvalue weighted by molar-refractivity contribution is -0.167. The van der Waals surface area contributed by atoms with Gasteiger partial charge in [-0.2, -0.15) is 13.2 Å². The van der Waals surface area contributed by atoms with Gasteiger partial charge in [-0.15, -0.1) is 0 Å². The standard InChI is InChI=1S/C9H7BrF3NO2/c1-16-6-4-2-3-5(10)7(6)14-8(15)9(11,12)13/h2-4H,1H3,(H,14,15). The second kappa shape index (κ2) is 4.73. The highest BCUT2D eigenvalue weighted by molar-refractivity contribution is 9.10. The normalized spacial score (nSPS) is 11.1. The van der Waals surface area contributed by atoms with Crippen molar-refractivity contribution in [2.24, 2.45) is 0 Å². The van der Waals surface area contributed by atoms with E-state index in [9.17, 15) is 18.0 Å². The number of anilines is 1. The molecule has 1 N–H and O–H groups in total. The third-order valence-corrected chi connectivity index (χ3v) is 2.35. The van der Waals surface area contributed by atoms with Crippen LogP contribution in [0.4, 0.5) is 18.9 Å². The molecule has 7 heteroatoms. The molecule has 0 aliphatic heterocycles. The number of nitrogens with one attached hydrogen (secondary N) is 1. The minimum absolute atomic E-state index is 0.0488. The van der Waals surface area contributed by atoms with E-state index in [4.69, 9.17) is 4.74 Å². The van der Waals surface area contributed by atoms with E-state index in [-0.39, 0.29) is 11.4 Å². The predicted molar refractivity (Wildman–Crippen MR) is 55.4 cm³/mol. The molecule has 1 rings (SSSR count). The first-order valence-electron chi connectivity index (χ1n) is 4.07. The molecule has 0 aliphatic rings. The third-order valence-electron chi connectivity index (χ3n) is 1.69. The van der Waals surface area contributed by atoms with Gasteiger partial charge in [0.05, 0.1) is 12.8 Å². The van der Waals surface area contributed by atoms with Crippen molar-refractivity contribution in [1.29, 1.82) is 0 Å². The number of hydrogen-bond acceptors (Lipinski definition) is 2. The molecule has 0 radical (unpaired) electrons. The van der Waals surface area contributed by atoms with Gasteiger partial charge in [-0.3, -0.25) is 4.79 Å². The molecular weight excluding hydrogens is 291 g/mol. The Bertz CT molecular complexity index is 406. The first-order chi connectivity index (χ1) is 7.36. The van der Waals surface area contributed by atoms with Crippen LogP contribution in [0.2, 0.25) is 0 Å². The maximum absolute atomic E-state index is 12.0.